The number of aromatic nitrogens is 1. The number of rotatable bonds is 4. The molecule has 1 N–H and O–H groups in total. The van der Waals surface area contributed by atoms with Crippen molar-refractivity contribution in [3.8, 4) is 0 Å². The maximum Gasteiger partial charge on any atom is 0.294 e. The first-order valence-electron chi connectivity index (χ1n) is 9.40. The number of aliphatic hydroxyl groups is 1. The normalized spacial score (nSPS) is 16.5. The van der Waals surface area contributed by atoms with E-state index in [1.54, 1.807) is 60.9 Å². The van der Waals surface area contributed by atoms with Crippen molar-refractivity contribution in [1.82, 2.24) is 4.98 Å². The van der Waals surface area contributed by atoms with Crippen LogP contribution in [0.15, 0.2) is 101 Å². The van der Waals surface area contributed by atoms with Gasteiger partial charge in [-0.15, -0.1) is 0 Å². The van der Waals surface area contributed by atoms with Crippen molar-refractivity contribution in [2.75, 3.05) is 4.90 Å². The number of amides is 1. The van der Waals surface area contributed by atoms with Gasteiger partial charge in [0.1, 0.15) is 5.58 Å². The third-order valence-corrected chi connectivity index (χ3v) is 5.14. The third-order valence-electron chi connectivity index (χ3n) is 5.14. The number of Topliss-reactive ketones (excluding diaryl/α,β-unsaturated/α-hetero) is 1. The molecule has 2 aromatic carbocycles. The van der Waals surface area contributed by atoms with Crippen molar-refractivity contribution < 1.29 is 19.1 Å². The van der Waals surface area contributed by atoms with E-state index < -0.39 is 23.5 Å². The summed E-state index contributed by atoms with van der Waals surface area (Å²) in [7, 11) is 0. The lowest BCUT2D eigenvalue weighted by molar-refractivity contribution is -0.117. The number of ketones is 1. The summed E-state index contributed by atoms with van der Waals surface area (Å²) in [6.45, 7) is 0. The number of pyridine rings is 1. The molecule has 1 aliphatic rings. The van der Waals surface area contributed by atoms with E-state index in [4.69, 9.17) is 4.42 Å². The summed E-state index contributed by atoms with van der Waals surface area (Å²) in [5, 5.41) is 11.5. The highest BCUT2D eigenvalue weighted by Crippen LogP contribution is 2.41. The average molecular weight is 396 g/mol. The molecule has 1 amide bonds. The maximum atomic E-state index is 13.4. The third kappa shape index (κ3) is 2.78. The van der Waals surface area contributed by atoms with E-state index in [1.807, 2.05) is 24.3 Å². The Morgan fingerprint density at radius 2 is 1.77 bits per heavy atom. The molecule has 30 heavy (non-hydrogen) atoms. The Kier molecular flexibility index (Phi) is 4.17. The van der Waals surface area contributed by atoms with Gasteiger partial charge in [-0.3, -0.25) is 19.5 Å². The van der Waals surface area contributed by atoms with Gasteiger partial charge >= 0.3 is 0 Å². The molecule has 0 saturated heterocycles. The first kappa shape index (κ1) is 17.9. The fraction of sp³-hybridized carbons (Fsp3) is 0.0417. The van der Waals surface area contributed by atoms with Crippen molar-refractivity contribution in [1.29, 1.82) is 0 Å². The minimum atomic E-state index is -0.825. The molecule has 0 saturated carbocycles. The Hall–Kier alpha value is -4.19. The van der Waals surface area contributed by atoms with Gasteiger partial charge < -0.3 is 9.52 Å². The van der Waals surface area contributed by atoms with Crippen LogP contribution in [0, 0.1) is 0 Å². The van der Waals surface area contributed by atoms with Crippen LogP contribution < -0.4 is 4.90 Å². The Morgan fingerprint density at radius 3 is 2.50 bits per heavy atom. The zero-order chi connectivity index (χ0) is 20.7. The van der Waals surface area contributed by atoms with E-state index in [9.17, 15) is 14.7 Å². The second-order valence-electron chi connectivity index (χ2n) is 6.94. The van der Waals surface area contributed by atoms with Gasteiger partial charge in [0.15, 0.2) is 11.5 Å². The molecule has 5 rings (SSSR count). The van der Waals surface area contributed by atoms with Crippen LogP contribution in [0.3, 0.4) is 0 Å². The predicted octanol–water partition coefficient (Wildman–Crippen LogP) is 4.61. The van der Waals surface area contributed by atoms with Gasteiger partial charge in [-0.1, -0.05) is 42.5 Å². The number of carbonyl (C=O) groups is 2. The van der Waals surface area contributed by atoms with E-state index in [1.165, 1.54) is 4.90 Å². The summed E-state index contributed by atoms with van der Waals surface area (Å²) in [6.07, 6.45) is 3.19. The molecule has 1 aliphatic heterocycles. The van der Waals surface area contributed by atoms with Crippen LogP contribution in [0.25, 0.3) is 11.0 Å². The minimum absolute atomic E-state index is 0.0316. The quantitative estimate of drug-likeness (QED) is 0.509. The summed E-state index contributed by atoms with van der Waals surface area (Å²) >= 11 is 0. The molecule has 0 radical (unpaired) electrons. The molecule has 4 aromatic rings. The summed E-state index contributed by atoms with van der Waals surface area (Å²) in [5.74, 6) is -1.70. The number of carbonyl (C=O) groups excluding carboxylic acids is 2. The number of furan rings is 1. The van der Waals surface area contributed by atoms with Gasteiger partial charge in [0.05, 0.1) is 11.6 Å². The Morgan fingerprint density at radius 1 is 1.00 bits per heavy atom. The number of hydrogen-bond acceptors (Lipinski definition) is 5. The van der Waals surface area contributed by atoms with Crippen LogP contribution in [-0.4, -0.2) is 21.8 Å². The summed E-state index contributed by atoms with van der Waals surface area (Å²) in [4.78, 5) is 32.0. The van der Waals surface area contributed by atoms with Gasteiger partial charge in [0, 0.05) is 23.5 Å². The number of hydrogen-bond donors (Lipinski definition) is 1. The van der Waals surface area contributed by atoms with Crippen molar-refractivity contribution in [2.45, 2.75) is 6.04 Å². The van der Waals surface area contributed by atoms with Gasteiger partial charge in [-0.05, 0) is 35.9 Å². The van der Waals surface area contributed by atoms with E-state index >= 15 is 0 Å². The SMILES string of the molecule is O=C(C1=C(O)C(=O)N(c2ccccc2)C1c1cccnc1)c1cc2ccccc2o1. The molecule has 0 spiro atoms. The molecule has 6 nitrogen and oxygen atoms in total. The smallest absolute Gasteiger partial charge is 0.294 e. The second kappa shape index (κ2) is 7.00. The largest absolute Gasteiger partial charge is 0.503 e. The molecule has 0 aliphatic carbocycles. The molecule has 2 aromatic heterocycles. The zero-order valence-electron chi connectivity index (χ0n) is 15.7. The van der Waals surface area contributed by atoms with Crippen molar-refractivity contribution >= 4 is 28.3 Å². The Labute approximate surface area is 171 Å². The zero-order valence-corrected chi connectivity index (χ0v) is 15.7. The highest BCUT2D eigenvalue weighted by Gasteiger charge is 2.45. The molecular formula is C24H16N2O4. The van der Waals surface area contributed by atoms with Crippen LogP contribution in [0.2, 0.25) is 0 Å². The number of fused-ring (bicyclic) bond motifs is 1. The van der Waals surface area contributed by atoms with Gasteiger partial charge in [0.25, 0.3) is 5.91 Å². The summed E-state index contributed by atoms with van der Waals surface area (Å²) < 4.78 is 5.71. The van der Waals surface area contributed by atoms with Crippen LogP contribution in [-0.2, 0) is 4.79 Å². The summed E-state index contributed by atoms with van der Waals surface area (Å²) in [6, 6.07) is 20.5. The van der Waals surface area contributed by atoms with E-state index in [-0.39, 0.29) is 11.3 Å². The van der Waals surface area contributed by atoms with Crippen LogP contribution in [0.1, 0.15) is 22.2 Å². The van der Waals surface area contributed by atoms with E-state index in [2.05, 4.69) is 4.98 Å². The molecule has 0 fully saturated rings. The average Bonchev–Trinajstić information content (AvgIpc) is 3.34. The van der Waals surface area contributed by atoms with Crippen LogP contribution in [0.5, 0.6) is 0 Å². The molecular weight excluding hydrogens is 380 g/mol. The fourth-order valence-electron chi connectivity index (χ4n) is 3.77. The number of para-hydroxylation sites is 2. The van der Waals surface area contributed by atoms with E-state index in [0.717, 1.165) is 5.39 Å². The predicted molar refractivity (Wildman–Crippen MR) is 111 cm³/mol. The molecule has 0 bridgehead atoms. The van der Waals surface area contributed by atoms with Crippen molar-refractivity contribution in [3.63, 3.8) is 0 Å². The van der Waals surface area contributed by atoms with Gasteiger partial charge in [-0.25, -0.2) is 0 Å². The number of nitrogens with zero attached hydrogens (tertiary/aromatic N) is 2. The molecule has 1 unspecified atom stereocenters. The summed E-state index contributed by atoms with van der Waals surface area (Å²) in [5.41, 5.74) is 1.70. The topological polar surface area (TPSA) is 83.6 Å². The van der Waals surface area contributed by atoms with E-state index in [0.29, 0.717) is 16.8 Å². The first-order chi connectivity index (χ1) is 14.6. The first-order valence-corrected chi connectivity index (χ1v) is 9.40. The number of aliphatic hydroxyl groups excluding tert-OH is 1. The van der Waals surface area contributed by atoms with Crippen LogP contribution >= 0.6 is 0 Å². The second-order valence-corrected chi connectivity index (χ2v) is 6.94. The number of anilines is 1. The Balaban J connectivity index is 1.66. The molecule has 3 heterocycles. The minimum Gasteiger partial charge on any atom is -0.503 e. The lowest BCUT2D eigenvalue weighted by atomic mass is 9.96. The monoisotopic (exact) mass is 396 g/mol. The fourth-order valence-corrected chi connectivity index (χ4v) is 3.77. The van der Waals surface area contributed by atoms with Crippen molar-refractivity contribution in [2.24, 2.45) is 0 Å². The van der Waals surface area contributed by atoms with Gasteiger partial charge in [-0.2, -0.15) is 0 Å². The Bertz CT molecular complexity index is 1260. The van der Waals surface area contributed by atoms with Crippen molar-refractivity contribution in [3.05, 3.63) is 108 Å². The molecule has 6 heteroatoms. The standard InChI is InChI=1S/C24H16N2O4/c27-22(19-13-15-7-4-5-11-18(15)30-19)20-21(16-8-6-12-25-14-16)26(24(29)23(20)28)17-9-2-1-3-10-17/h1-14,21,28H. The lowest BCUT2D eigenvalue weighted by Gasteiger charge is -2.26. The molecule has 146 valence electrons. The highest BCUT2D eigenvalue weighted by molar-refractivity contribution is 6.20. The number of benzene rings is 2. The van der Waals surface area contributed by atoms with Crippen LogP contribution in [0.4, 0.5) is 5.69 Å². The molecule has 1 atom stereocenters. The lowest BCUT2D eigenvalue weighted by Crippen LogP contribution is -2.31. The van der Waals surface area contributed by atoms with Gasteiger partial charge in [0.2, 0.25) is 5.78 Å². The maximum absolute atomic E-state index is 13.4. The highest BCUT2D eigenvalue weighted by atomic mass is 16.3.